The summed E-state index contributed by atoms with van der Waals surface area (Å²) in [5, 5.41) is 15.3. The van der Waals surface area contributed by atoms with Gasteiger partial charge in [0.2, 0.25) is 10.0 Å². The number of nitrogens with one attached hydrogen (secondary N) is 2. The summed E-state index contributed by atoms with van der Waals surface area (Å²) in [7, 11) is -3.53. The largest absolute Gasteiger partial charge is 0.392 e. The number of sulfonamides is 1. The van der Waals surface area contributed by atoms with Crippen LogP contribution in [0.2, 0.25) is 0 Å². The highest BCUT2D eigenvalue weighted by Gasteiger charge is 2.16. The van der Waals surface area contributed by atoms with E-state index in [9.17, 15) is 13.5 Å². The normalized spacial score (nSPS) is 14.0. The first kappa shape index (κ1) is 12.2. The lowest BCUT2D eigenvalue weighted by molar-refractivity contribution is 0.167. The van der Waals surface area contributed by atoms with Gasteiger partial charge < -0.3 is 5.11 Å². The van der Waals surface area contributed by atoms with Crippen molar-refractivity contribution >= 4 is 10.0 Å². The van der Waals surface area contributed by atoms with Gasteiger partial charge in [0.1, 0.15) is 4.90 Å². The van der Waals surface area contributed by atoms with Crippen molar-refractivity contribution in [2.75, 3.05) is 6.54 Å². The molecule has 1 atom stereocenters. The smallest absolute Gasteiger partial charge is 0.243 e. The molecule has 0 aliphatic heterocycles. The number of aliphatic hydroxyl groups is 1. The molecule has 86 valence electrons. The van der Waals surface area contributed by atoms with E-state index < -0.39 is 16.1 Å². The van der Waals surface area contributed by atoms with Crippen LogP contribution in [-0.4, -0.2) is 36.4 Å². The third kappa shape index (κ3) is 3.61. The molecule has 0 saturated carbocycles. The number of aromatic amines is 1. The Kier molecular flexibility index (Phi) is 4.25. The zero-order valence-corrected chi connectivity index (χ0v) is 9.29. The maximum absolute atomic E-state index is 11.5. The Morgan fingerprint density at radius 2 is 2.40 bits per heavy atom. The van der Waals surface area contributed by atoms with E-state index in [1.807, 2.05) is 6.92 Å². The average molecular weight is 233 g/mol. The molecule has 1 rings (SSSR count). The van der Waals surface area contributed by atoms with Crippen molar-refractivity contribution in [3.8, 4) is 0 Å². The molecule has 0 aliphatic carbocycles. The molecule has 0 fully saturated rings. The summed E-state index contributed by atoms with van der Waals surface area (Å²) in [5.41, 5.74) is 0. The van der Waals surface area contributed by atoms with Gasteiger partial charge in [0.15, 0.2) is 0 Å². The van der Waals surface area contributed by atoms with E-state index in [0.717, 1.165) is 6.42 Å². The Morgan fingerprint density at radius 3 is 2.93 bits per heavy atom. The first-order valence-corrected chi connectivity index (χ1v) is 6.21. The number of aromatic nitrogens is 2. The van der Waals surface area contributed by atoms with Crippen LogP contribution in [0.5, 0.6) is 0 Å². The number of hydrogen-bond donors (Lipinski definition) is 3. The number of nitrogens with zero attached hydrogens (tertiary/aromatic N) is 1. The molecule has 1 aromatic heterocycles. The van der Waals surface area contributed by atoms with Gasteiger partial charge in [-0.3, -0.25) is 5.10 Å². The van der Waals surface area contributed by atoms with Crippen molar-refractivity contribution < 1.29 is 13.5 Å². The Balaban J connectivity index is 2.52. The molecular weight excluding hydrogens is 218 g/mol. The second kappa shape index (κ2) is 5.24. The van der Waals surface area contributed by atoms with E-state index in [1.165, 1.54) is 12.4 Å². The Morgan fingerprint density at radius 1 is 1.67 bits per heavy atom. The number of rotatable bonds is 6. The maximum atomic E-state index is 11.5. The summed E-state index contributed by atoms with van der Waals surface area (Å²) >= 11 is 0. The molecule has 1 heterocycles. The highest BCUT2D eigenvalue weighted by Crippen LogP contribution is 2.04. The lowest BCUT2D eigenvalue weighted by Gasteiger charge is -2.09. The van der Waals surface area contributed by atoms with Crippen LogP contribution in [0.4, 0.5) is 0 Å². The van der Waals surface area contributed by atoms with E-state index >= 15 is 0 Å². The Bertz CT molecular complexity index is 374. The highest BCUT2D eigenvalue weighted by atomic mass is 32.2. The molecule has 0 aliphatic rings. The van der Waals surface area contributed by atoms with E-state index in [1.54, 1.807) is 0 Å². The molecule has 0 saturated heterocycles. The minimum Gasteiger partial charge on any atom is -0.392 e. The molecule has 0 bridgehead atoms. The molecule has 0 aromatic carbocycles. The number of H-pyrrole nitrogens is 1. The third-order valence-electron chi connectivity index (χ3n) is 1.91. The fourth-order valence-electron chi connectivity index (χ4n) is 1.11. The summed E-state index contributed by atoms with van der Waals surface area (Å²) in [6.07, 6.45) is 3.25. The van der Waals surface area contributed by atoms with E-state index in [0.29, 0.717) is 6.42 Å². The van der Waals surface area contributed by atoms with Gasteiger partial charge in [0, 0.05) is 12.7 Å². The van der Waals surface area contributed by atoms with Gasteiger partial charge in [0.25, 0.3) is 0 Å². The van der Waals surface area contributed by atoms with Gasteiger partial charge in [-0.2, -0.15) is 5.10 Å². The summed E-state index contributed by atoms with van der Waals surface area (Å²) < 4.78 is 25.3. The molecule has 0 spiro atoms. The van der Waals surface area contributed by atoms with Crippen molar-refractivity contribution in [1.82, 2.24) is 14.9 Å². The van der Waals surface area contributed by atoms with Gasteiger partial charge in [-0.1, -0.05) is 13.3 Å². The molecule has 1 unspecified atom stereocenters. The second-order valence-electron chi connectivity index (χ2n) is 3.23. The molecule has 6 nitrogen and oxygen atoms in total. The van der Waals surface area contributed by atoms with Crippen LogP contribution in [0.3, 0.4) is 0 Å². The number of hydrogen-bond acceptors (Lipinski definition) is 4. The minimum absolute atomic E-state index is 0.0291. The first-order valence-electron chi connectivity index (χ1n) is 4.72. The Labute approximate surface area is 88.8 Å². The van der Waals surface area contributed by atoms with Crippen molar-refractivity contribution in [1.29, 1.82) is 0 Å². The summed E-state index contributed by atoms with van der Waals surface area (Å²) in [6, 6.07) is 0. The lowest BCUT2D eigenvalue weighted by atomic mass is 10.2. The predicted molar refractivity (Wildman–Crippen MR) is 54.7 cm³/mol. The minimum atomic E-state index is -3.53. The van der Waals surface area contributed by atoms with Crippen LogP contribution in [-0.2, 0) is 10.0 Å². The molecule has 1 aromatic rings. The van der Waals surface area contributed by atoms with E-state index in [2.05, 4.69) is 14.9 Å². The average Bonchev–Trinajstić information content (AvgIpc) is 2.69. The second-order valence-corrected chi connectivity index (χ2v) is 5.00. The zero-order valence-electron chi connectivity index (χ0n) is 8.47. The van der Waals surface area contributed by atoms with Crippen LogP contribution in [0.25, 0.3) is 0 Å². The van der Waals surface area contributed by atoms with Crippen molar-refractivity contribution in [3.05, 3.63) is 12.4 Å². The molecule has 15 heavy (non-hydrogen) atoms. The first-order chi connectivity index (χ1) is 7.06. The van der Waals surface area contributed by atoms with Crippen LogP contribution < -0.4 is 4.72 Å². The quantitative estimate of drug-likeness (QED) is 0.636. The van der Waals surface area contributed by atoms with Crippen molar-refractivity contribution in [3.63, 3.8) is 0 Å². The molecule has 3 N–H and O–H groups in total. The standard InChI is InChI=1S/C8H15N3O3S/c1-2-3-7(12)4-11-15(13,14)8-5-9-10-6-8/h5-7,11-12H,2-4H2,1H3,(H,9,10). The van der Waals surface area contributed by atoms with Crippen LogP contribution in [0, 0.1) is 0 Å². The summed E-state index contributed by atoms with van der Waals surface area (Å²) in [4.78, 5) is 0.0752. The van der Waals surface area contributed by atoms with Crippen molar-refractivity contribution in [2.24, 2.45) is 0 Å². The fourth-order valence-corrected chi connectivity index (χ4v) is 2.09. The van der Waals surface area contributed by atoms with Gasteiger partial charge in [-0.15, -0.1) is 0 Å². The van der Waals surface area contributed by atoms with Crippen LogP contribution >= 0.6 is 0 Å². The van der Waals surface area contributed by atoms with E-state index in [-0.39, 0.29) is 11.4 Å². The molecule has 7 heteroatoms. The van der Waals surface area contributed by atoms with Gasteiger partial charge in [0.05, 0.1) is 12.3 Å². The monoisotopic (exact) mass is 233 g/mol. The Hall–Kier alpha value is -0.920. The van der Waals surface area contributed by atoms with Crippen molar-refractivity contribution in [2.45, 2.75) is 30.8 Å². The molecule has 0 amide bonds. The van der Waals surface area contributed by atoms with E-state index in [4.69, 9.17) is 0 Å². The highest BCUT2D eigenvalue weighted by molar-refractivity contribution is 7.89. The topological polar surface area (TPSA) is 95.1 Å². The predicted octanol–water partition coefficient (Wildman–Crippen LogP) is -0.151. The van der Waals surface area contributed by atoms with Gasteiger partial charge in [-0.05, 0) is 6.42 Å². The van der Waals surface area contributed by atoms with Gasteiger partial charge in [-0.25, -0.2) is 13.1 Å². The van der Waals surface area contributed by atoms with Gasteiger partial charge >= 0.3 is 0 Å². The maximum Gasteiger partial charge on any atom is 0.243 e. The SMILES string of the molecule is CCCC(O)CNS(=O)(=O)c1cn[nH]c1. The van der Waals surface area contributed by atoms with Crippen LogP contribution in [0.15, 0.2) is 17.3 Å². The summed E-state index contributed by atoms with van der Waals surface area (Å²) in [6.45, 7) is 1.95. The van der Waals surface area contributed by atoms with Crippen LogP contribution in [0.1, 0.15) is 19.8 Å². The fraction of sp³-hybridized carbons (Fsp3) is 0.625. The third-order valence-corrected chi connectivity index (χ3v) is 3.30. The lowest BCUT2D eigenvalue weighted by Crippen LogP contribution is -2.31. The number of aliphatic hydroxyl groups excluding tert-OH is 1. The molecule has 0 radical (unpaired) electrons. The molecular formula is C8H15N3O3S. The zero-order chi connectivity index (χ0) is 11.3. The summed E-state index contributed by atoms with van der Waals surface area (Å²) in [5.74, 6) is 0.